The van der Waals surface area contributed by atoms with Crippen LogP contribution in [0.15, 0.2) is 27.8 Å². The molecule has 0 amide bonds. The highest BCUT2D eigenvalue weighted by atomic mass is 79.9. The predicted molar refractivity (Wildman–Crippen MR) is 50.8 cm³/mol. The van der Waals surface area contributed by atoms with Gasteiger partial charge in [0.2, 0.25) is 0 Å². The van der Waals surface area contributed by atoms with Crippen LogP contribution in [0.2, 0.25) is 0 Å². The summed E-state index contributed by atoms with van der Waals surface area (Å²) in [6.45, 7) is 0. The zero-order valence-electron chi connectivity index (χ0n) is 6.27. The Morgan fingerprint density at radius 3 is 3.00 bits per heavy atom. The Morgan fingerprint density at radius 2 is 2.42 bits per heavy atom. The maximum absolute atomic E-state index is 9.93. The molecule has 0 atom stereocenters. The first-order chi connectivity index (χ1) is 5.83. The average molecular weight is 227 g/mol. The van der Waals surface area contributed by atoms with Crippen molar-refractivity contribution in [2.24, 2.45) is 4.99 Å². The van der Waals surface area contributed by atoms with Crippen molar-refractivity contribution in [3.8, 4) is 0 Å². The third-order valence-electron chi connectivity index (χ3n) is 1.14. The fraction of sp³-hybridized carbons (Fsp3) is 0.125. The molecule has 0 saturated heterocycles. The number of nitrogens with zero attached hydrogens (tertiary/aromatic N) is 2. The monoisotopic (exact) mass is 226 g/mol. The minimum atomic E-state index is 0.331. The molecule has 0 aromatic carbocycles. The van der Waals surface area contributed by atoms with E-state index in [1.54, 1.807) is 12.3 Å². The third-order valence-corrected chi connectivity index (χ3v) is 1.61. The Balaban J connectivity index is 2.64. The van der Waals surface area contributed by atoms with E-state index in [0.29, 0.717) is 12.2 Å². The lowest BCUT2D eigenvalue weighted by Gasteiger charge is -1.90. The average Bonchev–Trinajstić information content (AvgIpc) is 2.09. The fourth-order valence-corrected chi connectivity index (χ4v) is 0.868. The number of aldehydes is 1. The van der Waals surface area contributed by atoms with Crippen LogP contribution < -0.4 is 0 Å². The highest BCUT2D eigenvalue weighted by Gasteiger charge is 1.88. The van der Waals surface area contributed by atoms with Gasteiger partial charge in [0, 0.05) is 23.3 Å². The van der Waals surface area contributed by atoms with Crippen LogP contribution in [0.4, 0.5) is 5.82 Å². The quantitative estimate of drug-likeness (QED) is 0.586. The van der Waals surface area contributed by atoms with Gasteiger partial charge in [0.1, 0.15) is 6.29 Å². The molecule has 1 aromatic rings. The van der Waals surface area contributed by atoms with Gasteiger partial charge in [-0.1, -0.05) is 0 Å². The first kappa shape index (κ1) is 9.06. The van der Waals surface area contributed by atoms with Gasteiger partial charge in [0.25, 0.3) is 0 Å². The summed E-state index contributed by atoms with van der Waals surface area (Å²) in [7, 11) is 0. The van der Waals surface area contributed by atoms with Crippen LogP contribution in [0.1, 0.15) is 6.42 Å². The Bertz CT molecular complexity index is 282. The molecule has 0 N–H and O–H groups in total. The zero-order valence-corrected chi connectivity index (χ0v) is 7.86. The number of pyridine rings is 1. The summed E-state index contributed by atoms with van der Waals surface area (Å²) in [6, 6.07) is 3.62. The maximum atomic E-state index is 9.93. The molecule has 0 bridgehead atoms. The molecule has 0 aliphatic rings. The standard InChI is InChI=1S/C8H7BrN2O/c9-7-2-3-8(11-6-7)10-4-1-5-12/h2-6H,1H2. The van der Waals surface area contributed by atoms with Gasteiger partial charge < -0.3 is 4.79 Å². The van der Waals surface area contributed by atoms with Crippen LogP contribution in [-0.2, 0) is 4.79 Å². The number of aromatic nitrogens is 1. The molecule has 12 heavy (non-hydrogen) atoms. The van der Waals surface area contributed by atoms with Crippen molar-refractivity contribution in [3.05, 3.63) is 22.8 Å². The summed E-state index contributed by atoms with van der Waals surface area (Å²) in [6.07, 6.45) is 4.32. The molecule has 1 aromatic heterocycles. The highest BCUT2D eigenvalue weighted by Crippen LogP contribution is 2.12. The lowest BCUT2D eigenvalue weighted by Crippen LogP contribution is -1.77. The van der Waals surface area contributed by atoms with Crippen molar-refractivity contribution in [3.63, 3.8) is 0 Å². The number of carbonyl (C=O) groups excluding carboxylic acids is 1. The van der Waals surface area contributed by atoms with Crippen molar-refractivity contribution in [1.82, 2.24) is 4.98 Å². The molecule has 0 aliphatic heterocycles. The third kappa shape index (κ3) is 2.92. The molecule has 1 rings (SSSR count). The van der Waals surface area contributed by atoms with Crippen molar-refractivity contribution in [1.29, 1.82) is 0 Å². The topological polar surface area (TPSA) is 42.3 Å². The number of hydrogen-bond donors (Lipinski definition) is 0. The summed E-state index contributed by atoms with van der Waals surface area (Å²) in [5, 5.41) is 0. The molecule has 1 heterocycles. The second kappa shape index (κ2) is 4.77. The first-order valence-electron chi connectivity index (χ1n) is 3.40. The van der Waals surface area contributed by atoms with Gasteiger partial charge in [-0.25, -0.2) is 9.98 Å². The van der Waals surface area contributed by atoms with Gasteiger partial charge in [0.15, 0.2) is 5.82 Å². The fourth-order valence-electron chi connectivity index (χ4n) is 0.634. The van der Waals surface area contributed by atoms with Crippen LogP contribution in [0.25, 0.3) is 0 Å². The van der Waals surface area contributed by atoms with E-state index in [0.717, 1.165) is 10.8 Å². The summed E-state index contributed by atoms with van der Waals surface area (Å²) < 4.78 is 0.914. The van der Waals surface area contributed by atoms with Crippen molar-refractivity contribution < 1.29 is 4.79 Å². The Labute approximate surface area is 78.7 Å². The summed E-state index contributed by atoms with van der Waals surface area (Å²) >= 11 is 3.26. The molecule has 0 aliphatic carbocycles. The normalized spacial score (nSPS) is 10.4. The van der Waals surface area contributed by atoms with Gasteiger partial charge >= 0.3 is 0 Å². The smallest absolute Gasteiger partial charge is 0.151 e. The van der Waals surface area contributed by atoms with E-state index in [1.165, 1.54) is 6.21 Å². The summed E-state index contributed by atoms with van der Waals surface area (Å²) in [5.41, 5.74) is 0. The molecule has 4 heteroatoms. The van der Waals surface area contributed by atoms with Crippen LogP contribution in [0.3, 0.4) is 0 Å². The molecule has 0 unspecified atom stereocenters. The molecule has 0 spiro atoms. The van der Waals surface area contributed by atoms with Crippen LogP contribution in [-0.4, -0.2) is 17.5 Å². The van der Waals surface area contributed by atoms with E-state index in [2.05, 4.69) is 25.9 Å². The van der Waals surface area contributed by atoms with E-state index in [1.807, 2.05) is 6.07 Å². The Morgan fingerprint density at radius 1 is 1.58 bits per heavy atom. The predicted octanol–water partition coefficient (Wildman–Crippen LogP) is 2.14. The largest absolute Gasteiger partial charge is 0.303 e. The van der Waals surface area contributed by atoms with Crippen molar-refractivity contribution in [2.45, 2.75) is 6.42 Å². The lowest BCUT2D eigenvalue weighted by atomic mass is 10.4. The first-order valence-corrected chi connectivity index (χ1v) is 4.20. The van der Waals surface area contributed by atoms with Crippen LogP contribution in [0, 0.1) is 0 Å². The number of halogens is 1. The van der Waals surface area contributed by atoms with Gasteiger partial charge in [-0.3, -0.25) is 0 Å². The van der Waals surface area contributed by atoms with E-state index in [9.17, 15) is 4.79 Å². The lowest BCUT2D eigenvalue weighted by molar-refractivity contribution is -0.106. The molecule has 0 radical (unpaired) electrons. The number of hydrogen-bond acceptors (Lipinski definition) is 3. The van der Waals surface area contributed by atoms with E-state index in [-0.39, 0.29) is 0 Å². The number of rotatable bonds is 3. The zero-order chi connectivity index (χ0) is 8.81. The number of carbonyl (C=O) groups is 1. The van der Waals surface area contributed by atoms with Gasteiger partial charge in [-0.2, -0.15) is 0 Å². The Hall–Kier alpha value is -1.03. The molecular formula is C8H7BrN2O. The Kier molecular flexibility index (Phi) is 3.60. The minimum absolute atomic E-state index is 0.331. The SMILES string of the molecule is O=CCC=Nc1ccc(Br)cn1. The van der Waals surface area contributed by atoms with Gasteiger partial charge in [-0.15, -0.1) is 0 Å². The maximum Gasteiger partial charge on any atom is 0.151 e. The minimum Gasteiger partial charge on any atom is -0.303 e. The van der Waals surface area contributed by atoms with Crippen LogP contribution in [0.5, 0.6) is 0 Å². The van der Waals surface area contributed by atoms with E-state index < -0.39 is 0 Å². The highest BCUT2D eigenvalue weighted by molar-refractivity contribution is 9.10. The summed E-state index contributed by atoms with van der Waals surface area (Å²) in [4.78, 5) is 17.9. The second-order valence-corrected chi connectivity index (χ2v) is 2.96. The summed E-state index contributed by atoms with van der Waals surface area (Å²) in [5.74, 6) is 0.611. The van der Waals surface area contributed by atoms with Crippen molar-refractivity contribution in [2.75, 3.05) is 0 Å². The van der Waals surface area contributed by atoms with E-state index >= 15 is 0 Å². The van der Waals surface area contributed by atoms with Gasteiger partial charge in [0.05, 0.1) is 0 Å². The molecule has 0 saturated carbocycles. The molecular weight excluding hydrogens is 220 g/mol. The molecule has 0 fully saturated rings. The number of aliphatic imine (C=N–C) groups is 1. The molecule has 62 valence electrons. The van der Waals surface area contributed by atoms with Crippen LogP contribution >= 0.6 is 15.9 Å². The molecule has 3 nitrogen and oxygen atoms in total. The second-order valence-electron chi connectivity index (χ2n) is 2.05. The van der Waals surface area contributed by atoms with Gasteiger partial charge in [-0.05, 0) is 28.1 Å². The van der Waals surface area contributed by atoms with Crippen molar-refractivity contribution >= 4 is 34.2 Å². The van der Waals surface area contributed by atoms with E-state index in [4.69, 9.17) is 0 Å².